The van der Waals surface area contributed by atoms with Gasteiger partial charge in [0.1, 0.15) is 12.4 Å². The standard InChI is InChI=1S/C14H12BrNO2/c15-13-7-2-1-4-11(13)9-18-12-6-3-5-10(8-12)14(16)17/h1-8H,9H2,(H2,16,17). The number of nitrogens with two attached hydrogens (primary N) is 1. The first-order valence-electron chi connectivity index (χ1n) is 5.43. The van der Waals surface area contributed by atoms with E-state index in [-0.39, 0.29) is 0 Å². The van der Waals surface area contributed by atoms with Crippen LogP contribution < -0.4 is 10.5 Å². The van der Waals surface area contributed by atoms with Crippen molar-refractivity contribution in [1.29, 1.82) is 0 Å². The minimum atomic E-state index is -0.457. The Hall–Kier alpha value is -1.81. The van der Waals surface area contributed by atoms with Crippen molar-refractivity contribution in [1.82, 2.24) is 0 Å². The van der Waals surface area contributed by atoms with E-state index in [4.69, 9.17) is 10.5 Å². The number of amides is 1. The molecule has 0 saturated heterocycles. The van der Waals surface area contributed by atoms with Gasteiger partial charge in [-0.25, -0.2) is 0 Å². The van der Waals surface area contributed by atoms with Gasteiger partial charge in [-0.3, -0.25) is 4.79 Å². The van der Waals surface area contributed by atoms with Crippen LogP contribution in [0.25, 0.3) is 0 Å². The molecule has 0 atom stereocenters. The number of carbonyl (C=O) groups excluding carboxylic acids is 1. The fourth-order valence-corrected chi connectivity index (χ4v) is 1.91. The monoisotopic (exact) mass is 305 g/mol. The molecule has 1 amide bonds. The number of primary amides is 1. The Kier molecular flexibility index (Phi) is 3.99. The molecule has 4 heteroatoms. The smallest absolute Gasteiger partial charge is 0.248 e. The van der Waals surface area contributed by atoms with E-state index < -0.39 is 5.91 Å². The summed E-state index contributed by atoms with van der Waals surface area (Å²) in [7, 11) is 0. The van der Waals surface area contributed by atoms with Crippen LogP contribution in [0.5, 0.6) is 5.75 Å². The summed E-state index contributed by atoms with van der Waals surface area (Å²) >= 11 is 3.45. The highest BCUT2D eigenvalue weighted by molar-refractivity contribution is 9.10. The Morgan fingerprint density at radius 2 is 1.94 bits per heavy atom. The summed E-state index contributed by atoms with van der Waals surface area (Å²) < 4.78 is 6.62. The fourth-order valence-electron chi connectivity index (χ4n) is 1.52. The summed E-state index contributed by atoms with van der Waals surface area (Å²) in [5.41, 5.74) is 6.70. The Balaban J connectivity index is 2.09. The van der Waals surface area contributed by atoms with Gasteiger partial charge in [-0.15, -0.1) is 0 Å². The van der Waals surface area contributed by atoms with Crippen LogP contribution in [0.2, 0.25) is 0 Å². The van der Waals surface area contributed by atoms with Gasteiger partial charge in [0.2, 0.25) is 5.91 Å². The number of rotatable bonds is 4. The maximum absolute atomic E-state index is 11.0. The summed E-state index contributed by atoms with van der Waals surface area (Å²) in [6.07, 6.45) is 0. The van der Waals surface area contributed by atoms with Crippen LogP contribution in [-0.4, -0.2) is 5.91 Å². The number of ether oxygens (including phenoxy) is 1. The van der Waals surface area contributed by atoms with Crippen LogP contribution >= 0.6 is 15.9 Å². The van der Waals surface area contributed by atoms with Crippen molar-refractivity contribution in [2.45, 2.75) is 6.61 Å². The lowest BCUT2D eigenvalue weighted by Gasteiger charge is -2.08. The molecule has 0 heterocycles. The molecule has 18 heavy (non-hydrogen) atoms. The van der Waals surface area contributed by atoms with Crippen LogP contribution in [0.3, 0.4) is 0 Å². The number of benzene rings is 2. The maximum Gasteiger partial charge on any atom is 0.248 e. The van der Waals surface area contributed by atoms with E-state index in [1.54, 1.807) is 24.3 Å². The summed E-state index contributed by atoms with van der Waals surface area (Å²) in [5.74, 6) is 0.170. The van der Waals surface area contributed by atoms with Gasteiger partial charge in [0.25, 0.3) is 0 Å². The molecule has 0 aromatic heterocycles. The fraction of sp³-hybridized carbons (Fsp3) is 0.0714. The molecule has 3 nitrogen and oxygen atoms in total. The van der Waals surface area contributed by atoms with Crippen LogP contribution in [-0.2, 0) is 6.61 Å². The van der Waals surface area contributed by atoms with Crippen molar-refractivity contribution in [3.63, 3.8) is 0 Å². The zero-order valence-electron chi connectivity index (χ0n) is 9.60. The van der Waals surface area contributed by atoms with Gasteiger partial charge < -0.3 is 10.5 Å². The second kappa shape index (κ2) is 5.69. The van der Waals surface area contributed by atoms with E-state index in [2.05, 4.69) is 15.9 Å². The average molecular weight is 306 g/mol. The second-order valence-corrected chi connectivity index (χ2v) is 4.63. The van der Waals surface area contributed by atoms with Gasteiger partial charge in [-0.2, -0.15) is 0 Å². The van der Waals surface area contributed by atoms with Crippen LogP contribution in [0.4, 0.5) is 0 Å². The van der Waals surface area contributed by atoms with E-state index in [1.807, 2.05) is 24.3 Å². The van der Waals surface area contributed by atoms with Gasteiger partial charge in [0.05, 0.1) is 0 Å². The molecule has 0 saturated carbocycles. The van der Waals surface area contributed by atoms with Gasteiger partial charge in [0.15, 0.2) is 0 Å². The third kappa shape index (κ3) is 3.11. The molecule has 0 aliphatic carbocycles. The molecule has 0 spiro atoms. The molecular weight excluding hydrogens is 294 g/mol. The largest absolute Gasteiger partial charge is 0.489 e. The first kappa shape index (κ1) is 12.6. The quantitative estimate of drug-likeness (QED) is 0.943. The molecule has 0 radical (unpaired) electrons. The van der Waals surface area contributed by atoms with E-state index in [0.29, 0.717) is 17.9 Å². The molecule has 2 rings (SSSR count). The third-order valence-electron chi connectivity index (χ3n) is 2.47. The van der Waals surface area contributed by atoms with Crippen molar-refractivity contribution in [2.24, 2.45) is 5.73 Å². The van der Waals surface area contributed by atoms with E-state index in [9.17, 15) is 4.79 Å². The number of halogens is 1. The van der Waals surface area contributed by atoms with E-state index in [0.717, 1.165) is 10.0 Å². The number of hydrogen-bond donors (Lipinski definition) is 1. The summed E-state index contributed by atoms with van der Waals surface area (Å²) in [6.45, 7) is 0.434. The third-order valence-corrected chi connectivity index (χ3v) is 3.24. The highest BCUT2D eigenvalue weighted by atomic mass is 79.9. The molecule has 2 aromatic rings. The summed E-state index contributed by atoms with van der Waals surface area (Å²) in [5, 5.41) is 0. The highest BCUT2D eigenvalue weighted by Gasteiger charge is 2.03. The van der Waals surface area contributed by atoms with Crippen molar-refractivity contribution < 1.29 is 9.53 Å². The predicted molar refractivity (Wildman–Crippen MR) is 73.4 cm³/mol. The van der Waals surface area contributed by atoms with Crippen molar-refractivity contribution in [3.05, 3.63) is 64.1 Å². The van der Waals surface area contributed by atoms with E-state index >= 15 is 0 Å². The van der Waals surface area contributed by atoms with Gasteiger partial charge in [-0.05, 0) is 24.3 Å². The SMILES string of the molecule is NC(=O)c1cccc(OCc2ccccc2Br)c1. The van der Waals surface area contributed by atoms with Gasteiger partial charge in [-0.1, -0.05) is 40.2 Å². The second-order valence-electron chi connectivity index (χ2n) is 3.77. The van der Waals surface area contributed by atoms with Gasteiger partial charge in [0, 0.05) is 15.6 Å². The first-order valence-corrected chi connectivity index (χ1v) is 6.22. The normalized spacial score (nSPS) is 10.1. The number of hydrogen-bond acceptors (Lipinski definition) is 2. The minimum Gasteiger partial charge on any atom is -0.489 e. The maximum atomic E-state index is 11.0. The first-order chi connectivity index (χ1) is 8.66. The zero-order chi connectivity index (χ0) is 13.0. The van der Waals surface area contributed by atoms with Crippen LogP contribution in [0.1, 0.15) is 15.9 Å². The lowest BCUT2D eigenvalue weighted by molar-refractivity contribution is 0.1000. The van der Waals surface area contributed by atoms with Crippen LogP contribution in [0.15, 0.2) is 53.0 Å². The molecule has 2 N–H and O–H groups in total. The molecule has 92 valence electrons. The molecule has 2 aromatic carbocycles. The minimum absolute atomic E-state index is 0.434. The Bertz CT molecular complexity index is 569. The van der Waals surface area contributed by atoms with Crippen LogP contribution in [0, 0.1) is 0 Å². The summed E-state index contributed by atoms with van der Waals surface area (Å²) in [4.78, 5) is 11.0. The topological polar surface area (TPSA) is 52.3 Å². The summed E-state index contributed by atoms with van der Waals surface area (Å²) in [6, 6.07) is 14.7. The molecule has 0 bridgehead atoms. The molecule has 0 unspecified atom stereocenters. The predicted octanol–water partition coefficient (Wildman–Crippen LogP) is 3.13. The number of carbonyl (C=O) groups is 1. The lowest BCUT2D eigenvalue weighted by atomic mass is 10.2. The highest BCUT2D eigenvalue weighted by Crippen LogP contribution is 2.19. The molecule has 0 aliphatic heterocycles. The van der Waals surface area contributed by atoms with Crippen molar-refractivity contribution in [3.8, 4) is 5.75 Å². The molecule has 0 aliphatic rings. The Morgan fingerprint density at radius 1 is 1.17 bits per heavy atom. The van der Waals surface area contributed by atoms with Gasteiger partial charge >= 0.3 is 0 Å². The van der Waals surface area contributed by atoms with Crippen molar-refractivity contribution >= 4 is 21.8 Å². The Labute approximate surface area is 114 Å². The molecule has 0 fully saturated rings. The Morgan fingerprint density at radius 3 is 2.67 bits per heavy atom. The average Bonchev–Trinajstić information content (AvgIpc) is 2.38. The van der Waals surface area contributed by atoms with Crippen molar-refractivity contribution in [2.75, 3.05) is 0 Å². The lowest BCUT2D eigenvalue weighted by Crippen LogP contribution is -2.10. The molecular formula is C14H12BrNO2. The zero-order valence-corrected chi connectivity index (χ0v) is 11.2. The van der Waals surface area contributed by atoms with E-state index in [1.165, 1.54) is 0 Å².